The molecule has 2 aromatic rings. The third-order valence-electron chi connectivity index (χ3n) is 2.33. The van der Waals surface area contributed by atoms with E-state index >= 15 is 0 Å². The predicted octanol–water partition coefficient (Wildman–Crippen LogP) is 2.11. The van der Waals surface area contributed by atoms with Crippen molar-refractivity contribution in [1.29, 1.82) is 0 Å². The molecule has 17 heavy (non-hydrogen) atoms. The van der Waals surface area contributed by atoms with Gasteiger partial charge >= 0.3 is 5.97 Å². The van der Waals surface area contributed by atoms with Gasteiger partial charge in [0.05, 0.1) is 5.69 Å². The summed E-state index contributed by atoms with van der Waals surface area (Å²) in [5, 5.41) is 14.4. The lowest BCUT2D eigenvalue weighted by molar-refractivity contribution is -0.129. The number of fused-ring (bicyclic) bond motifs is 1. The molecule has 0 aliphatic heterocycles. The van der Waals surface area contributed by atoms with Crippen molar-refractivity contribution in [1.82, 2.24) is 4.98 Å². The van der Waals surface area contributed by atoms with Crippen molar-refractivity contribution in [2.75, 3.05) is 5.43 Å². The number of hydrazone groups is 1. The van der Waals surface area contributed by atoms with Crippen LogP contribution >= 0.6 is 0 Å². The van der Waals surface area contributed by atoms with Crippen LogP contribution in [0.15, 0.2) is 41.8 Å². The minimum absolute atomic E-state index is 0.0102. The predicted molar refractivity (Wildman–Crippen MR) is 66.1 cm³/mol. The Hall–Kier alpha value is -2.43. The van der Waals surface area contributed by atoms with E-state index in [-0.39, 0.29) is 5.71 Å². The lowest BCUT2D eigenvalue weighted by atomic mass is 10.1. The van der Waals surface area contributed by atoms with Crippen LogP contribution in [-0.2, 0) is 4.79 Å². The first-order valence-electron chi connectivity index (χ1n) is 5.05. The summed E-state index contributed by atoms with van der Waals surface area (Å²) in [5.41, 5.74) is 3.51. The van der Waals surface area contributed by atoms with Crippen molar-refractivity contribution < 1.29 is 9.90 Å². The fourth-order valence-corrected chi connectivity index (χ4v) is 1.41. The molecule has 0 spiro atoms. The van der Waals surface area contributed by atoms with E-state index < -0.39 is 5.97 Å². The second-order valence-corrected chi connectivity index (χ2v) is 3.52. The number of nitrogens with zero attached hydrogens (tertiary/aromatic N) is 2. The van der Waals surface area contributed by atoms with Gasteiger partial charge in [-0.3, -0.25) is 10.4 Å². The highest BCUT2D eigenvalue weighted by Crippen LogP contribution is 2.21. The Bertz CT molecular complexity index is 588. The molecular weight excluding hydrogens is 218 g/mol. The third-order valence-corrected chi connectivity index (χ3v) is 2.33. The van der Waals surface area contributed by atoms with E-state index in [0.29, 0.717) is 0 Å². The maximum Gasteiger partial charge on any atom is 0.351 e. The molecule has 0 amide bonds. The van der Waals surface area contributed by atoms with E-state index in [1.807, 2.05) is 24.3 Å². The van der Waals surface area contributed by atoms with Crippen molar-refractivity contribution in [3.05, 3.63) is 36.7 Å². The van der Waals surface area contributed by atoms with Crippen LogP contribution in [0, 0.1) is 0 Å². The molecule has 2 N–H and O–H groups in total. The molecular formula is C12H11N3O2. The third kappa shape index (κ3) is 2.39. The normalized spacial score (nSPS) is 11.5. The Morgan fingerprint density at radius 2 is 2.24 bits per heavy atom. The molecule has 0 aliphatic carbocycles. The van der Waals surface area contributed by atoms with Gasteiger partial charge in [0.1, 0.15) is 5.71 Å². The highest BCUT2D eigenvalue weighted by molar-refractivity contribution is 6.34. The van der Waals surface area contributed by atoms with Crippen LogP contribution < -0.4 is 5.43 Å². The summed E-state index contributed by atoms with van der Waals surface area (Å²) in [4.78, 5) is 14.6. The number of pyridine rings is 1. The topological polar surface area (TPSA) is 74.6 Å². The number of carboxylic acid groups (broad SMARTS) is 1. The number of carboxylic acids is 1. The van der Waals surface area contributed by atoms with Gasteiger partial charge in [0, 0.05) is 23.2 Å². The lowest BCUT2D eigenvalue weighted by Crippen LogP contribution is -2.10. The Morgan fingerprint density at radius 3 is 3.00 bits per heavy atom. The van der Waals surface area contributed by atoms with E-state index in [9.17, 15) is 4.79 Å². The minimum atomic E-state index is -1.04. The van der Waals surface area contributed by atoms with Gasteiger partial charge in [-0.2, -0.15) is 5.10 Å². The molecule has 0 aliphatic rings. The van der Waals surface area contributed by atoms with Gasteiger partial charge in [-0.15, -0.1) is 0 Å². The monoisotopic (exact) mass is 229 g/mol. The SMILES string of the molecule is C/C(=N\Nc1cccc2cnccc12)C(=O)O. The number of carbonyl (C=O) groups is 1. The smallest absolute Gasteiger partial charge is 0.351 e. The first kappa shape index (κ1) is 11.1. The first-order chi connectivity index (χ1) is 8.18. The zero-order chi connectivity index (χ0) is 12.3. The molecule has 1 aromatic heterocycles. The second-order valence-electron chi connectivity index (χ2n) is 3.52. The number of aliphatic carboxylic acids is 1. The van der Waals surface area contributed by atoms with Crippen molar-refractivity contribution in [3.63, 3.8) is 0 Å². The molecule has 5 heteroatoms. The molecule has 0 unspecified atom stereocenters. The zero-order valence-electron chi connectivity index (χ0n) is 9.21. The fraction of sp³-hybridized carbons (Fsp3) is 0.0833. The van der Waals surface area contributed by atoms with Crippen molar-refractivity contribution in [3.8, 4) is 0 Å². The molecule has 0 saturated carbocycles. The fourth-order valence-electron chi connectivity index (χ4n) is 1.41. The Morgan fingerprint density at radius 1 is 1.41 bits per heavy atom. The zero-order valence-corrected chi connectivity index (χ0v) is 9.21. The van der Waals surface area contributed by atoms with Crippen LogP contribution in [0.2, 0.25) is 0 Å². The van der Waals surface area contributed by atoms with Gasteiger partial charge in [0.15, 0.2) is 0 Å². The number of benzene rings is 1. The van der Waals surface area contributed by atoms with E-state index in [4.69, 9.17) is 5.11 Å². The molecule has 0 saturated heterocycles. The molecule has 2 rings (SSSR count). The van der Waals surface area contributed by atoms with E-state index in [1.165, 1.54) is 6.92 Å². The van der Waals surface area contributed by atoms with Crippen molar-refractivity contribution >= 4 is 28.1 Å². The first-order valence-corrected chi connectivity index (χ1v) is 5.05. The lowest BCUT2D eigenvalue weighted by Gasteiger charge is -2.05. The van der Waals surface area contributed by atoms with Crippen LogP contribution in [0.25, 0.3) is 10.8 Å². The summed E-state index contributed by atoms with van der Waals surface area (Å²) < 4.78 is 0. The number of nitrogens with one attached hydrogen (secondary N) is 1. The highest BCUT2D eigenvalue weighted by atomic mass is 16.4. The van der Waals surface area contributed by atoms with Crippen molar-refractivity contribution in [2.24, 2.45) is 5.10 Å². The largest absolute Gasteiger partial charge is 0.477 e. The van der Waals surface area contributed by atoms with Crippen molar-refractivity contribution in [2.45, 2.75) is 6.92 Å². The number of hydrogen-bond donors (Lipinski definition) is 2. The van der Waals surface area contributed by atoms with Crippen LogP contribution in [0.3, 0.4) is 0 Å². The van der Waals surface area contributed by atoms with Crippen LogP contribution in [0.5, 0.6) is 0 Å². The molecule has 0 atom stereocenters. The minimum Gasteiger partial charge on any atom is -0.477 e. The Labute approximate surface area is 97.8 Å². The quantitative estimate of drug-likeness (QED) is 0.624. The maximum atomic E-state index is 10.6. The number of anilines is 1. The summed E-state index contributed by atoms with van der Waals surface area (Å²) >= 11 is 0. The molecule has 0 fully saturated rings. The van der Waals surface area contributed by atoms with Gasteiger partial charge in [-0.1, -0.05) is 12.1 Å². The van der Waals surface area contributed by atoms with Gasteiger partial charge in [-0.25, -0.2) is 4.79 Å². The molecule has 0 bridgehead atoms. The van der Waals surface area contributed by atoms with Gasteiger partial charge in [0.25, 0.3) is 0 Å². The average Bonchev–Trinajstić information content (AvgIpc) is 2.35. The van der Waals surface area contributed by atoms with Crippen LogP contribution in [0.1, 0.15) is 6.92 Å². The standard InChI is InChI=1S/C12H11N3O2/c1-8(12(16)17)14-15-11-4-2-3-9-7-13-6-5-10(9)11/h2-7,15H,1H3,(H,16,17)/b14-8+. The number of aromatic nitrogens is 1. The average molecular weight is 229 g/mol. The summed E-state index contributed by atoms with van der Waals surface area (Å²) in [5.74, 6) is -1.04. The Balaban J connectivity index is 2.37. The van der Waals surface area contributed by atoms with Crippen LogP contribution in [0.4, 0.5) is 5.69 Å². The van der Waals surface area contributed by atoms with E-state index in [2.05, 4.69) is 15.5 Å². The molecule has 5 nitrogen and oxygen atoms in total. The van der Waals surface area contributed by atoms with Crippen LogP contribution in [-0.4, -0.2) is 21.8 Å². The van der Waals surface area contributed by atoms with Gasteiger partial charge < -0.3 is 5.11 Å². The summed E-state index contributed by atoms with van der Waals surface area (Å²) in [7, 11) is 0. The van der Waals surface area contributed by atoms with Gasteiger partial charge in [-0.05, 0) is 19.1 Å². The molecule has 1 heterocycles. The summed E-state index contributed by atoms with van der Waals surface area (Å²) in [6.45, 7) is 1.43. The summed E-state index contributed by atoms with van der Waals surface area (Å²) in [6, 6.07) is 7.48. The molecule has 0 radical (unpaired) electrons. The maximum absolute atomic E-state index is 10.6. The molecule has 86 valence electrons. The summed E-state index contributed by atoms with van der Waals surface area (Å²) in [6.07, 6.45) is 3.43. The van der Waals surface area contributed by atoms with E-state index in [0.717, 1.165) is 16.5 Å². The number of rotatable bonds is 3. The highest BCUT2D eigenvalue weighted by Gasteiger charge is 2.02. The van der Waals surface area contributed by atoms with E-state index in [1.54, 1.807) is 12.4 Å². The molecule has 1 aromatic carbocycles. The Kier molecular flexibility index (Phi) is 3.00. The second kappa shape index (κ2) is 4.61. The van der Waals surface area contributed by atoms with Gasteiger partial charge in [0.2, 0.25) is 0 Å². The number of hydrogen-bond acceptors (Lipinski definition) is 4.